The molecule has 4 rings (SSSR count). The first-order valence-electron chi connectivity index (χ1n) is 10.2. The summed E-state index contributed by atoms with van der Waals surface area (Å²) in [7, 11) is 1.63. The monoisotopic (exact) mass is 411 g/mol. The maximum Gasteiger partial charge on any atom is 0.250 e. The van der Waals surface area contributed by atoms with Gasteiger partial charge < -0.3 is 15.8 Å². The van der Waals surface area contributed by atoms with Gasteiger partial charge >= 0.3 is 0 Å². The Balaban J connectivity index is 1.59. The normalized spacial score (nSPS) is 11.9. The van der Waals surface area contributed by atoms with E-state index < -0.39 is 5.91 Å². The molecule has 0 aliphatic rings. The number of methoxy groups -OCH3 is 1. The summed E-state index contributed by atoms with van der Waals surface area (Å²) in [5.74, 6) is 0.212. The highest BCUT2D eigenvalue weighted by Crippen LogP contribution is 2.31. The summed E-state index contributed by atoms with van der Waals surface area (Å²) >= 11 is 0. The maximum absolute atomic E-state index is 11.6. The average Bonchev–Trinajstić information content (AvgIpc) is 2.82. The number of aromatic nitrogens is 1. The number of hydrogen-bond donors (Lipinski definition) is 2. The molecule has 156 valence electrons. The summed E-state index contributed by atoms with van der Waals surface area (Å²) < 4.78 is 5.53. The fraction of sp³-hybridized carbons (Fsp3) is 0.154. The number of carbonyl (C=O) groups is 1. The number of amides is 1. The molecule has 5 nitrogen and oxygen atoms in total. The van der Waals surface area contributed by atoms with Crippen LogP contribution >= 0.6 is 0 Å². The van der Waals surface area contributed by atoms with Crippen molar-refractivity contribution in [3.63, 3.8) is 0 Å². The molecule has 1 amide bonds. The van der Waals surface area contributed by atoms with E-state index in [2.05, 4.69) is 65.8 Å². The van der Waals surface area contributed by atoms with Crippen LogP contribution in [0.25, 0.3) is 21.9 Å². The van der Waals surface area contributed by atoms with E-state index in [4.69, 9.17) is 10.5 Å². The number of nitrogens with one attached hydrogen (secondary N) is 1. The standard InChI is InChI=1S/C26H25N3O2/c1-17(22-9-5-7-19-6-3-4-8-23(19)22)29-14-18-10-11-25(31-2)24(12-18)20-13-21(26(27)30)16-28-15-20/h3-13,15-17,29H,14H2,1-2H3,(H2,27,30)/t17-/m1/s1. The Morgan fingerprint density at radius 1 is 1.06 bits per heavy atom. The van der Waals surface area contributed by atoms with E-state index in [1.165, 1.54) is 22.5 Å². The van der Waals surface area contributed by atoms with Crippen molar-refractivity contribution in [1.82, 2.24) is 10.3 Å². The van der Waals surface area contributed by atoms with Crippen molar-refractivity contribution < 1.29 is 9.53 Å². The van der Waals surface area contributed by atoms with Gasteiger partial charge in [0.15, 0.2) is 0 Å². The van der Waals surface area contributed by atoms with E-state index in [1.54, 1.807) is 19.4 Å². The third kappa shape index (κ3) is 4.42. The molecule has 1 heterocycles. The fourth-order valence-electron chi connectivity index (χ4n) is 3.82. The number of ether oxygens (including phenoxy) is 1. The molecule has 0 unspecified atom stereocenters. The molecule has 0 saturated carbocycles. The Kier molecular flexibility index (Phi) is 5.96. The van der Waals surface area contributed by atoms with Gasteiger partial charge in [0.2, 0.25) is 5.91 Å². The smallest absolute Gasteiger partial charge is 0.250 e. The van der Waals surface area contributed by atoms with Crippen molar-refractivity contribution in [3.8, 4) is 16.9 Å². The van der Waals surface area contributed by atoms with E-state index in [-0.39, 0.29) is 6.04 Å². The molecule has 5 heteroatoms. The molecule has 1 aromatic heterocycles. The first-order chi connectivity index (χ1) is 15.1. The van der Waals surface area contributed by atoms with Crippen LogP contribution in [0.15, 0.2) is 79.1 Å². The highest BCUT2D eigenvalue weighted by molar-refractivity contribution is 5.94. The van der Waals surface area contributed by atoms with Gasteiger partial charge in [-0.15, -0.1) is 0 Å². The van der Waals surface area contributed by atoms with E-state index in [9.17, 15) is 4.79 Å². The number of nitrogens with zero attached hydrogens (tertiary/aromatic N) is 1. The number of hydrogen-bond acceptors (Lipinski definition) is 4. The van der Waals surface area contributed by atoms with Crippen LogP contribution in [0.1, 0.15) is 34.5 Å². The molecule has 3 N–H and O–H groups in total. The summed E-state index contributed by atoms with van der Waals surface area (Å²) in [4.78, 5) is 15.7. The summed E-state index contributed by atoms with van der Waals surface area (Å²) in [6.07, 6.45) is 3.18. The predicted molar refractivity (Wildman–Crippen MR) is 124 cm³/mol. The lowest BCUT2D eigenvalue weighted by Crippen LogP contribution is -2.18. The van der Waals surface area contributed by atoms with E-state index in [0.717, 1.165) is 16.7 Å². The number of fused-ring (bicyclic) bond motifs is 1. The Bertz CT molecular complexity index is 1230. The minimum absolute atomic E-state index is 0.177. The zero-order chi connectivity index (χ0) is 21.8. The lowest BCUT2D eigenvalue weighted by Gasteiger charge is -2.18. The molecule has 0 spiro atoms. The Labute approximate surface area is 181 Å². The zero-order valence-electron chi connectivity index (χ0n) is 17.6. The molecule has 1 atom stereocenters. The number of rotatable bonds is 7. The average molecular weight is 412 g/mol. The SMILES string of the molecule is COc1ccc(CN[C@H](C)c2cccc3ccccc23)cc1-c1cncc(C(N)=O)c1. The van der Waals surface area contributed by atoms with E-state index >= 15 is 0 Å². The molecular formula is C26H25N3O2. The molecule has 3 aromatic carbocycles. The van der Waals surface area contributed by atoms with Gasteiger partial charge in [-0.2, -0.15) is 0 Å². The van der Waals surface area contributed by atoms with Crippen LogP contribution < -0.4 is 15.8 Å². The molecule has 0 aliphatic heterocycles. The van der Waals surface area contributed by atoms with Crippen molar-refractivity contribution in [3.05, 3.63) is 95.8 Å². The third-order valence-electron chi connectivity index (χ3n) is 5.50. The minimum atomic E-state index is -0.505. The van der Waals surface area contributed by atoms with Crippen LogP contribution in [0, 0.1) is 0 Å². The van der Waals surface area contributed by atoms with Crippen LogP contribution in [0.2, 0.25) is 0 Å². The first-order valence-corrected chi connectivity index (χ1v) is 10.2. The molecule has 4 aromatic rings. The lowest BCUT2D eigenvalue weighted by atomic mass is 9.99. The van der Waals surface area contributed by atoms with Crippen LogP contribution in [0.5, 0.6) is 5.75 Å². The summed E-state index contributed by atoms with van der Waals surface area (Å²) in [5.41, 5.74) is 9.82. The third-order valence-corrected chi connectivity index (χ3v) is 5.50. The molecule has 0 saturated heterocycles. The van der Waals surface area contributed by atoms with Gasteiger partial charge in [-0.25, -0.2) is 0 Å². The van der Waals surface area contributed by atoms with Crippen molar-refractivity contribution >= 4 is 16.7 Å². The van der Waals surface area contributed by atoms with Gasteiger partial charge in [-0.3, -0.25) is 9.78 Å². The number of carbonyl (C=O) groups excluding carboxylic acids is 1. The minimum Gasteiger partial charge on any atom is -0.496 e. The van der Waals surface area contributed by atoms with E-state index in [0.29, 0.717) is 17.9 Å². The highest BCUT2D eigenvalue weighted by atomic mass is 16.5. The van der Waals surface area contributed by atoms with Crippen LogP contribution in [0.4, 0.5) is 0 Å². The summed E-state index contributed by atoms with van der Waals surface area (Å²) in [6.45, 7) is 2.86. The Morgan fingerprint density at radius 2 is 1.87 bits per heavy atom. The van der Waals surface area contributed by atoms with Gasteiger partial charge in [0.1, 0.15) is 5.75 Å². The van der Waals surface area contributed by atoms with Gasteiger partial charge in [0.25, 0.3) is 0 Å². The molecule has 0 fully saturated rings. The first kappa shape index (κ1) is 20.6. The zero-order valence-corrected chi connectivity index (χ0v) is 17.6. The van der Waals surface area contributed by atoms with E-state index in [1.807, 2.05) is 12.1 Å². The molecule has 0 radical (unpaired) electrons. The maximum atomic E-state index is 11.6. The second-order valence-electron chi connectivity index (χ2n) is 7.53. The second kappa shape index (κ2) is 8.98. The van der Waals surface area contributed by atoms with Gasteiger partial charge in [0.05, 0.1) is 12.7 Å². The van der Waals surface area contributed by atoms with Crippen LogP contribution in [-0.2, 0) is 6.54 Å². The van der Waals surface area contributed by atoms with Gasteiger partial charge in [-0.05, 0) is 47.0 Å². The number of nitrogens with two attached hydrogens (primary N) is 1. The summed E-state index contributed by atoms with van der Waals surface area (Å²) in [6, 6.07) is 22.8. The second-order valence-corrected chi connectivity index (χ2v) is 7.53. The van der Waals surface area contributed by atoms with Crippen molar-refractivity contribution in [2.45, 2.75) is 19.5 Å². The van der Waals surface area contributed by atoms with Crippen LogP contribution in [-0.4, -0.2) is 18.0 Å². The van der Waals surface area contributed by atoms with Gasteiger partial charge in [0, 0.05) is 36.1 Å². The largest absolute Gasteiger partial charge is 0.496 e. The van der Waals surface area contributed by atoms with Gasteiger partial charge in [-0.1, -0.05) is 48.5 Å². The number of pyridine rings is 1. The number of primary amides is 1. The van der Waals surface area contributed by atoms with Crippen LogP contribution in [0.3, 0.4) is 0 Å². The Hall–Kier alpha value is -3.70. The van der Waals surface area contributed by atoms with Crippen molar-refractivity contribution in [2.75, 3.05) is 7.11 Å². The Morgan fingerprint density at radius 3 is 2.68 bits per heavy atom. The molecule has 0 aliphatic carbocycles. The molecule has 0 bridgehead atoms. The molecule has 31 heavy (non-hydrogen) atoms. The highest BCUT2D eigenvalue weighted by Gasteiger charge is 2.12. The topological polar surface area (TPSA) is 77.2 Å². The summed E-state index contributed by atoms with van der Waals surface area (Å²) in [5, 5.41) is 6.12. The predicted octanol–water partition coefficient (Wildman–Crippen LogP) is 4.86. The number of benzene rings is 3. The fourth-order valence-corrected chi connectivity index (χ4v) is 3.82. The quantitative estimate of drug-likeness (QED) is 0.455. The molecular weight excluding hydrogens is 386 g/mol. The van der Waals surface area contributed by atoms with Crippen molar-refractivity contribution in [2.24, 2.45) is 5.73 Å². The van der Waals surface area contributed by atoms with Crippen molar-refractivity contribution in [1.29, 1.82) is 0 Å². The lowest BCUT2D eigenvalue weighted by molar-refractivity contribution is 0.1000.